The fourth-order valence-electron chi connectivity index (χ4n) is 3.81. The molecule has 3 aromatic rings. The van der Waals surface area contributed by atoms with Crippen LogP contribution in [0.1, 0.15) is 24.1 Å². The van der Waals surface area contributed by atoms with E-state index in [1.165, 1.54) is 44.1 Å². The second kappa shape index (κ2) is 9.44. The van der Waals surface area contributed by atoms with Gasteiger partial charge >= 0.3 is 5.97 Å². The summed E-state index contributed by atoms with van der Waals surface area (Å²) in [6.45, 7) is 1.67. The Morgan fingerprint density at radius 1 is 1.18 bits per heavy atom. The maximum absolute atomic E-state index is 14.4. The van der Waals surface area contributed by atoms with Crippen molar-refractivity contribution in [1.82, 2.24) is 4.57 Å². The lowest BCUT2D eigenvalue weighted by atomic mass is 9.95. The Labute approximate surface area is 203 Å². The molecule has 0 saturated heterocycles. The zero-order valence-corrected chi connectivity index (χ0v) is 20.3. The van der Waals surface area contributed by atoms with Crippen LogP contribution in [0.2, 0.25) is 5.02 Å². The first kappa shape index (κ1) is 23.7. The van der Waals surface area contributed by atoms with Gasteiger partial charge in [-0.05, 0) is 42.8 Å². The molecule has 7 nitrogen and oxygen atoms in total. The largest absolute Gasteiger partial charge is 0.493 e. The van der Waals surface area contributed by atoms with Crippen LogP contribution in [-0.2, 0) is 9.53 Å². The Bertz CT molecular complexity index is 1490. The molecule has 34 heavy (non-hydrogen) atoms. The Morgan fingerprint density at radius 3 is 2.56 bits per heavy atom. The third-order valence-electron chi connectivity index (χ3n) is 5.43. The van der Waals surface area contributed by atoms with Gasteiger partial charge < -0.3 is 14.2 Å². The molecule has 1 unspecified atom stereocenters. The number of methoxy groups -OCH3 is 3. The molecule has 4 rings (SSSR count). The number of carbonyl (C=O) groups excluding carboxylic acids is 1. The zero-order valence-electron chi connectivity index (χ0n) is 18.7. The van der Waals surface area contributed by atoms with Gasteiger partial charge in [-0.15, -0.1) is 0 Å². The normalized spacial score (nSPS) is 15.6. The van der Waals surface area contributed by atoms with Crippen molar-refractivity contribution in [3.8, 4) is 11.5 Å². The zero-order chi connectivity index (χ0) is 24.6. The second-order valence-corrected chi connectivity index (χ2v) is 8.74. The van der Waals surface area contributed by atoms with Crippen LogP contribution in [0.25, 0.3) is 6.08 Å². The van der Waals surface area contributed by atoms with Crippen molar-refractivity contribution < 1.29 is 23.4 Å². The summed E-state index contributed by atoms with van der Waals surface area (Å²) < 4.78 is 31.7. The van der Waals surface area contributed by atoms with Crippen molar-refractivity contribution in [2.45, 2.75) is 13.0 Å². The van der Waals surface area contributed by atoms with Gasteiger partial charge in [0, 0.05) is 5.56 Å². The number of fused-ring (bicyclic) bond motifs is 1. The monoisotopic (exact) mass is 502 g/mol. The standard InChI is InChI=1S/C24H20ClFN2O5S/c1-12-20(23(30)33-4)21(13-8-9-17(31-2)18(10-13)32-3)28-22(29)19(34-24(28)27-12)11-14-15(25)6-5-7-16(14)26/h5-11,21H,1-4H3/b19-11-. The molecule has 0 N–H and O–H groups in total. The van der Waals surface area contributed by atoms with Crippen LogP contribution < -0.4 is 24.4 Å². The van der Waals surface area contributed by atoms with E-state index in [0.717, 1.165) is 11.3 Å². The summed E-state index contributed by atoms with van der Waals surface area (Å²) in [5.74, 6) is -0.249. The van der Waals surface area contributed by atoms with E-state index in [4.69, 9.17) is 25.8 Å². The van der Waals surface area contributed by atoms with Gasteiger partial charge in [0.15, 0.2) is 16.3 Å². The van der Waals surface area contributed by atoms with Crippen molar-refractivity contribution in [3.05, 3.63) is 89.3 Å². The van der Waals surface area contributed by atoms with Crippen LogP contribution >= 0.6 is 22.9 Å². The van der Waals surface area contributed by atoms with Crippen LogP contribution in [0.5, 0.6) is 11.5 Å². The lowest BCUT2D eigenvalue weighted by Crippen LogP contribution is -2.39. The maximum atomic E-state index is 14.4. The average Bonchev–Trinajstić information content (AvgIpc) is 3.14. The molecule has 1 aliphatic heterocycles. The number of esters is 1. The van der Waals surface area contributed by atoms with Crippen molar-refractivity contribution in [2.75, 3.05) is 21.3 Å². The molecule has 0 spiro atoms. The van der Waals surface area contributed by atoms with E-state index in [9.17, 15) is 14.0 Å². The van der Waals surface area contributed by atoms with E-state index in [1.54, 1.807) is 31.2 Å². The van der Waals surface area contributed by atoms with Gasteiger partial charge in [0.05, 0.1) is 48.2 Å². The van der Waals surface area contributed by atoms with Gasteiger partial charge in [-0.1, -0.05) is 35.1 Å². The summed E-state index contributed by atoms with van der Waals surface area (Å²) in [7, 11) is 4.27. The number of allylic oxidation sites excluding steroid dienone is 1. The van der Waals surface area contributed by atoms with Gasteiger partial charge in [0.25, 0.3) is 5.56 Å². The summed E-state index contributed by atoms with van der Waals surface area (Å²) in [5, 5.41) is 0.175. The van der Waals surface area contributed by atoms with Crippen LogP contribution in [-0.4, -0.2) is 31.9 Å². The Balaban J connectivity index is 2.01. The Hall–Kier alpha value is -3.43. The number of benzene rings is 2. The molecule has 0 fully saturated rings. The molecule has 0 amide bonds. The van der Waals surface area contributed by atoms with Gasteiger partial charge in [-0.25, -0.2) is 14.2 Å². The van der Waals surface area contributed by atoms with Gasteiger partial charge in [0.1, 0.15) is 5.82 Å². The summed E-state index contributed by atoms with van der Waals surface area (Å²) in [6, 6.07) is 8.56. The van der Waals surface area contributed by atoms with E-state index in [1.807, 2.05) is 0 Å². The summed E-state index contributed by atoms with van der Waals surface area (Å²) in [4.78, 5) is 31.1. The predicted molar refractivity (Wildman–Crippen MR) is 127 cm³/mol. The summed E-state index contributed by atoms with van der Waals surface area (Å²) >= 11 is 7.23. The highest BCUT2D eigenvalue weighted by Gasteiger charge is 2.33. The van der Waals surface area contributed by atoms with Gasteiger partial charge in [0.2, 0.25) is 0 Å². The van der Waals surface area contributed by atoms with Crippen LogP contribution in [0.15, 0.2) is 57.5 Å². The quantitative estimate of drug-likeness (QED) is 0.501. The van der Waals surface area contributed by atoms with Crippen molar-refractivity contribution in [3.63, 3.8) is 0 Å². The topological polar surface area (TPSA) is 79.1 Å². The number of hydrogen-bond acceptors (Lipinski definition) is 7. The first-order chi connectivity index (χ1) is 16.3. The first-order valence-corrected chi connectivity index (χ1v) is 11.3. The molecule has 1 atom stereocenters. The van der Waals surface area contributed by atoms with E-state index in [0.29, 0.717) is 27.6 Å². The van der Waals surface area contributed by atoms with Crippen molar-refractivity contribution >= 4 is 35.0 Å². The van der Waals surface area contributed by atoms with E-state index < -0.39 is 23.4 Å². The second-order valence-electron chi connectivity index (χ2n) is 7.32. The lowest BCUT2D eigenvalue weighted by molar-refractivity contribution is -0.136. The Morgan fingerprint density at radius 2 is 1.91 bits per heavy atom. The van der Waals surface area contributed by atoms with E-state index >= 15 is 0 Å². The molecule has 2 heterocycles. The molecule has 0 bridgehead atoms. The molecular weight excluding hydrogens is 483 g/mol. The van der Waals surface area contributed by atoms with Gasteiger partial charge in [-0.3, -0.25) is 9.36 Å². The molecular formula is C24H20ClFN2O5S. The number of aromatic nitrogens is 1. The molecule has 2 aromatic carbocycles. The summed E-state index contributed by atoms with van der Waals surface area (Å²) in [6.07, 6.45) is 1.39. The smallest absolute Gasteiger partial charge is 0.338 e. The fourth-order valence-corrected chi connectivity index (χ4v) is 5.06. The maximum Gasteiger partial charge on any atom is 0.338 e. The van der Waals surface area contributed by atoms with Crippen LogP contribution in [0.4, 0.5) is 4.39 Å². The van der Waals surface area contributed by atoms with Crippen molar-refractivity contribution in [2.24, 2.45) is 4.99 Å². The number of rotatable bonds is 5. The third-order valence-corrected chi connectivity index (χ3v) is 6.74. The molecule has 1 aliphatic rings. The molecule has 176 valence electrons. The number of halogens is 2. The lowest BCUT2D eigenvalue weighted by Gasteiger charge is -2.25. The van der Waals surface area contributed by atoms with Gasteiger partial charge in [-0.2, -0.15) is 0 Å². The number of nitrogens with zero attached hydrogens (tertiary/aromatic N) is 2. The number of ether oxygens (including phenoxy) is 3. The average molecular weight is 503 g/mol. The Kier molecular flexibility index (Phi) is 6.58. The first-order valence-electron chi connectivity index (χ1n) is 10.1. The van der Waals surface area contributed by atoms with E-state index in [-0.39, 0.29) is 20.7 Å². The summed E-state index contributed by atoms with van der Waals surface area (Å²) in [5.41, 5.74) is 0.850. The molecule has 0 aliphatic carbocycles. The minimum absolute atomic E-state index is 0.0982. The van der Waals surface area contributed by atoms with E-state index in [2.05, 4.69) is 4.99 Å². The van der Waals surface area contributed by atoms with Crippen molar-refractivity contribution in [1.29, 1.82) is 0 Å². The molecule has 10 heteroatoms. The highest BCUT2D eigenvalue weighted by molar-refractivity contribution is 7.07. The molecule has 1 aromatic heterocycles. The minimum atomic E-state index is -0.846. The van der Waals surface area contributed by atoms with Crippen LogP contribution in [0.3, 0.4) is 0 Å². The number of hydrogen-bond donors (Lipinski definition) is 0. The predicted octanol–water partition coefficient (Wildman–Crippen LogP) is 3.22. The highest BCUT2D eigenvalue weighted by Crippen LogP contribution is 2.36. The minimum Gasteiger partial charge on any atom is -0.493 e. The fraction of sp³-hybridized carbons (Fsp3) is 0.208. The third kappa shape index (κ3) is 4.01. The number of carbonyl (C=O) groups is 1. The van der Waals surface area contributed by atoms with Crippen LogP contribution in [0, 0.1) is 5.82 Å². The highest BCUT2D eigenvalue weighted by atomic mass is 35.5. The number of thiazole rings is 1. The SMILES string of the molecule is COC(=O)C1=C(C)N=c2s/c(=C\c3c(F)cccc3Cl)c(=O)n2C1c1ccc(OC)c(OC)c1. The molecule has 0 saturated carbocycles. The molecule has 0 radical (unpaired) electrons.